The van der Waals surface area contributed by atoms with Crippen LogP contribution in [-0.4, -0.2) is 53.9 Å². The molecule has 1 amide bonds. The maximum absolute atomic E-state index is 12.2. The predicted octanol–water partition coefficient (Wildman–Crippen LogP) is 2.18. The Kier molecular flexibility index (Phi) is 5.02. The van der Waals surface area contributed by atoms with Crippen molar-refractivity contribution in [2.75, 3.05) is 26.7 Å². The van der Waals surface area contributed by atoms with Gasteiger partial charge in [-0.25, -0.2) is 0 Å². The van der Waals surface area contributed by atoms with Crippen LogP contribution in [0.1, 0.15) is 16.8 Å². The number of benzene rings is 1. The Labute approximate surface area is 125 Å². The van der Waals surface area contributed by atoms with Crippen LogP contribution < -0.4 is 5.32 Å². The van der Waals surface area contributed by atoms with Crippen LogP contribution in [0.4, 0.5) is 13.2 Å². The predicted molar refractivity (Wildman–Crippen MR) is 76.6 cm³/mol. The lowest BCUT2D eigenvalue weighted by Gasteiger charge is -2.18. The minimum Gasteiger partial charge on any atom is -0.352 e. The molecule has 0 saturated heterocycles. The summed E-state index contributed by atoms with van der Waals surface area (Å²) in [6.45, 7) is -0.381. The van der Waals surface area contributed by atoms with Crippen molar-refractivity contribution >= 4 is 16.8 Å². The summed E-state index contributed by atoms with van der Waals surface area (Å²) in [5, 5.41) is 10.2. The van der Waals surface area contributed by atoms with Gasteiger partial charge < -0.3 is 5.32 Å². The third-order valence-corrected chi connectivity index (χ3v) is 3.17. The molecule has 0 radical (unpaired) electrons. The topological polar surface area (TPSA) is 61.0 Å². The molecular formula is C14H17F3N4O. The number of nitrogens with one attached hydrogen (secondary N) is 2. The van der Waals surface area contributed by atoms with Crippen molar-refractivity contribution in [2.24, 2.45) is 0 Å². The second-order valence-electron chi connectivity index (χ2n) is 5.10. The molecule has 1 aromatic heterocycles. The zero-order valence-corrected chi connectivity index (χ0v) is 12.1. The van der Waals surface area contributed by atoms with E-state index in [0.717, 1.165) is 5.39 Å². The van der Waals surface area contributed by atoms with E-state index in [2.05, 4.69) is 15.5 Å². The van der Waals surface area contributed by atoms with E-state index in [9.17, 15) is 18.0 Å². The molecule has 0 spiro atoms. The van der Waals surface area contributed by atoms with Crippen molar-refractivity contribution in [1.29, 1.82) is 0 Å². The van der Waals surface area contributed by atoms with Crippen molar-refractivity contribution in [2.45, 2.75) is 12.6 Å². The van der Waals surface area contributed by atoms with Gasteiger partial charge in [-0.2, -0.15) is 18.3 Å². The summed E-state index contributed by atoms with van der Waals surface area (Å²) in [6.07, 6.45) is -2.14. The summed E-state index contributed by atoms with van der Waals surface area (Å²) >= 11 is 0. The Hall–Kier alpha value is -2.09. The Morgan fingerprint density at radius 3 is 2.91 bits per heavy atom. The van der Waals surface area contributed by atoms with Gasteiger partial charge in [-0.3, -0.25) is 14.8 Å². The lowest BCUT2D eigenvalue weighted by atomic mass is 10.1. The van der Waals surface area contributed by atoms with E-state index in [1.807, 2.05) is 6.07 Å². The summed E-state index contributed by atoms with van der Waals surface area (Å²) in [6, 6.07) is 5.26. The molecule has 8 heteroatoms. The maximum Gasteiger partial charge on any atom is 0.401 e. The molecule has 0 saturated carbocycles. The SMILES string of the molecule is CN(CCCNC(=O)c1cccc2cn[nH]c12)CC(F)(F)F. The molecule has 2 rings (SSSR count). The molecule has 120 valence electrons. The number of carbonyl (C=O) groups excluding carboxylic acids is 1. The molecule has 0 aliphatic carbocycles. The molecular weight excluding hydrogens is 297 g/mol. The molecule has 0 aliphatic heterocycles. The highest BCUT2D eigenvalue weighted by molar-refractivity contribution is 6.05. The third kappa shape index (κ3) is 4.45. The monoisotopic (exact) mass is 314 g/mol. The van der Waals surface area contributed by atoms with Crippen LogP contribution in [0.15, 0.2) is 24.4 Å². The number of rotatable bonds is 6. The number of halogens is 3. The summed E-state index contributed by atoms with van der Waals surface area (Å²) in [5.41, 5.74) is 1.12. The number of para-hydroxylation sites is 1. The normalized spacial score (nSPS) is 12.0. The average molecular weight is 314 g/mol. The summed E-state index contributed by atoms with van der Waals surface area (Å²) in [7, 11) is 1.40. The first kappa shape index (κ1) is 16.3. The first-order valence-corrected chi connectivity index (χ1v) is 6.82. The lowest BCUT2D eigenvalue weighted by molar-refractivity contribution is -0.143. The van der Waals surface area contributed by atoms with E-state index < -0.39 is 12.7 Å². The molecule has 0 bridgehead atoms. The molecule has 0 fully saturated rings. The zero-order valence-electron chi connectivity index (χ0n) is 12.1. The second kappa shape index (κ2) is 6.78. The van der Waals surface area contributed by atoms with Crippen LogP contribution in [0.25, 0.3) is 10.9 Å². The van der Waals surface area contributed by atoms with Gasteiger partial charge in [0.2, 0.25) is 0 Å². The van der Waals surface area contributed by atoms with Gasteiger partial charge in [0.15, 0.2) is 0 Å². The fraction of sp³-hybridized carbons (Fsp3) is 0.429. The molecule has 0 aliphatic rings. The van der Waals surface area contributed by atoms with Gasteiger partial charge >= 0.3 is 6.18 Å². The number of nitrogens with zero attached hydrogens (tertiary/aromatic N) is 2. The van der Waals surface area contributed by atoms with E-state index >= 15 is 0 Å². The fourth-order valence-electron chi connectivity index (χ4n) is 2.19. The fourth-order valence-corrected chi connectivity index (χ4v) is 2.19. The van der Waals surface area contributed by atoms with Crippen LogP contribution in [0.3, 0.4) is 0 Å². The largest absolute Gasteiger partial charge is 0.401 e. The second-order valence-corrected chi connectivity index (χ2v) is 5.10. The number of amides is 1. The number of fused-ring (bicyclic) bond motifs is 1. The molecule has 2 aromatic rings. The molecule has 2 N–H and O–H groups in total. The highest BCUT2D eigenvalue weighted by Crippen LogP contribution is 2.16. The Morgan fingerprint density at radius 2 is 2.18 bits per heavy atom. The zero-order chi connectivity index (χ0) is 16.2. The van der Waals surface area contributed by atoms with Gasteiger partial charge in [-0.05, 0) is 26.1 Å². The smallest absolute Gasteiger partial charge is 0.352 e. The average Bonchev–Trinajstić information content (AvgIpc) is 2.89. The quantitative estimate of drug-likeness (QED) is 0.804. The molecule has 0 atom stereocenters. The number of alkyl halides is 3. The van der Waals surface area contributed by atoms with Gasteiger partial charge in [0.05, 0.1) is 23.8 Å². The number of hydrogen-bond acceptors (Lipinski definition) is 3. The van der Waals surface area contributed by atoms with Gasteiger partial charge in [-0.15, -0.1) is 0 Å². The van der Waals surface area contributed by atoms with Crippen LogP contribution in [0, 0.1) is 0 Å². The number of H-pyrrole nitrogens is 1. The van der Waals surface area contributed by atoms with Crippen LogP contribution in [0.2, 0.25) is 0 Å². The Morgan fingerprint density at radius 1 is 1.41 bits per heavy atom. The maximum atomic E-state index is 12.2. The third-order valence-electron chi connectivity index (χ3n) is 3.17. The van der Waals surface area contributed by atoms with Gasteiger partial charge in [0, 0.05) is 11.9 Å². The van der Waals surface area contributed by atoms with Crippen molar-refractivity contribution in [3.8, 4) is 0 Å². The Bertz CT molecular complexity index is 638. The van der Waals surface area contributed by atoms with Crippen LogP contribution in [0.5, 0.6) is 0 Å². The Balaban J connectivity index is 1.80. The van der Waals surface area contributed by atoms with E-state index in [4.69, 9.17) is 0 Å². The number of hydrogen-bond donors (Lipinski definition) is 2. The van der Waals surface area contributed by atoms with E-state index in [0.29, 0.717) is 24.0 Å². The molecule has 1 heterocycles. The van der Waals surface area contributed by atoms with Crippen molar-refractivity contribution < 1.29 is 18.0 Å². The van der Waals surface area contributed by atoms with Gasteiger partial charge in [-0.1, -0.05) is 12.1 Å². The molecule has 0 unspecified atom stereocenters. The standard InChI is InChI=1S/C14H17F3N4O/c1-21(9-14(15,16)17)7-3-6-18-13(22)11-5-2-4-10-8-19-20-12(10)11/h2,4-5,8H,3,6-7,9H2,1H3,(H,18,22)(H,19,20). The van der Waals surface area contributed by atoms with Crippen LogP contribution in [-0.2, 0) is 0 Å². The molecule has 1 aromatic carbocycles. The van der Waals surface area contributed by atoms with Gasteiger partial charge in [0.1, 0.15) is 0 Å². The van der Waals surface area contributed by atoms with E-state index in [-0.39, 0.29) is 12.5 Å². The van der Waals surface area contributed by atoms with Crippen molar-refractivity contribution in [3.63, 3.8) is 0 Å². The number of aromatic nitrogens is 2. The molecule has 5 nitrogen and oxygen atoms in total. The first-order chi connectivity index (χ1) is 10.4. The van der Waals surface area contributed by atoms with Crippen molar-refractivity contribution in [3.05, 3.63) is 30.0 Å². The molecule has 22 heavy (non-hydrogen) atoms. The summed E-state index contributed by atoms with van der Waals surface area (Å²) in [5.74, 6) is -0.270. The van der Waals surface area contributed by atoms with E-state index in [1.54, 1.807) is 18.3 Å². The lowest BCUT2D eigenvalue weighted by Crippen LogP contribution is -2.33. The minimum atomic E-state index is -4.20. The first-order valence-electron chi connectivity index (χ1n) is 6.82. The highest BCUT2D eigenvalue weighted by atomic mass is 19.4. The van der Waals surface area contributed by atoms with Gasteiger partial charge in [0.25, 0.3) is 5.91 Å². The summed E-state index contributed by atoms with van der Waals surface area (Å²) in [4.78, 5) is 13.3. The minimum absolute atomic E-state index is 0.258. The number of carbonyl (C=O) groups is 1. The van der Waals surface area contributed by atoms with Crippen LogP contribution >= 0.6 is 0 Å². The summed E-state index contributed by atoms with van der Waals surface area (Å²) < 4.78 is 36.5. The van der Waals surface area contributed by atoms with E-state index in [1.165, 1.54) is 11.9 Å². The number of aromatic amines is 1. The van der Waals surface area contributed by atoms with Crippen molar-refractivity contribution in [1.82, 2.24) is 20.4 Å². The highest BCUT2D eigenvalue weighted by Gasteiger charge is 2.28.